The predicted octanol–water partition coefficient (Wildman–Crippen LogP) is 1.14. The van der Waals surface area contributed by atoms with Crippen molar-refractivity contribution < 1.29 is 24.2 Å². The fourth-order valence-corrected chi connectivity index (χ4v) is 2.50. The molecule has 1 unspecified atom stereocenters. The van der Waals surface area contributed by atoms with Gasteiger partial charge >= 0.3 is 11.9 Å². The molecule has 0 radical (unpaired) electrons. The van der Waals surface area contributed by atoms with Crippen molar-refractivity contribution >= 4 is 11.9 Å². The van der Waals surface area contributed by atoms with E-state index in [4.69, 9.17) is 9.47 Å². The number of carboxylic acids is 1. The summed E-state index contributed by atoms with van der Waals surface area (Å²) in [6.07, 6.45) is 1.23. The lowest BCUT2D eigenvalue weighted by Crippen LogP contribution is -2.45. The van der Waals surface area contributed by atoms with Crippen LogP contribution in [-0.2, 0) is 19.1 Å². The summed E-state index contributed by atoms with van der Waals surface area (Å²) in [5.74, 6) is -1.69. The molecule has 1 aliphatic rings. The molecule has 0 bridgehead atoms. The maximum absolute atomic E-state index is 12.1. The van der Waals surface area contributed by atoms with Crippen molar-refractivity contribution in [3.8, 4) is 0 Å². The third kappa shape index (κ3) is 4.18. The largest absolute Gasteiger partial charge is 0.480 e. The molecule has 0 aliphatic carbocycles. The van der Waals surface area contributed by atoms with E-state index in [1.165, 1.54) is 0 Å². The van der Waals surface area contributed by atoms with Crippen molar-refractivity contribution in [3.05, 3.63) is 0 Å². The summed E-state index contributed by atoms with van der Waals surface area (Å²) in [6.45, 7) is 7.24. The Labute approximate surface area is 120 Å². The van der Waals surface area contributed by atoms with E-state index in [1.807, 2.05) is 6.92 Å². The molecule has 1 heterocycles. The summed E-state index contributed by atoms with van der Waals surface area (Å²) >= 11 is 0. The first-order valence-electron chi connectivity index (χ1n) is 7.27. The van der Waals surface area contributed by atoms with Gasteiger partial charge in [-0.1, -0.05) is 13.3 Å². The zero-order valence-corrected chi connectivity index (χ0v) is 12.4. The van der Waals surface area contributed by atoms with Gasteiger partial charge in [0, 0.05) is 13.1 Å². The molecule has 1 aliphatic heterocycles. The highest BCUT2D eigenvalue weighted by atomic mass is 16.5. The Hall–Kier alpha value is -1.14. The fraction of sp³-hybridized carbons (Fsp3) is 0.857. The highest BCUT2D eigenvalue weighted by Gasteiger charge is 2.46. The minimum atomic E-state index is -1.41. The van der Waals surface area contributed by atoms with E-state index in [0.717, 1.165) is 13.1 Å². The van der Waals surface area contributed by atoms with Gasteiger partial charge in [-0.25, -0.2) is 0 Å². The van der Waals surface area contributed by atoms with Gasteiger partial charge in [0.15, 0.2) is 5.41 Å². The van der Waals surface area contributed by atoms with E-state index in [-0.39, 0.29) is 13.0 Å². The normalized spacial score (nSPS) is 19.3. The number of esters is 1. The van der Waals surface area contributed by atoms with Gasteiger partial charge in [0.25, 0.3) is 0 Å². The minimum absolute atomic E-state index is 0.204. The summed E-state index contributed by atoms with van der Waals surface area (Å²) in [7, 11) is 0. The van der Waals surface area contributed by atoms with Crippen molar-refractivity contribution in [3.63, 3.8) is 0 Å². The summed E-state index contributed by atoms with van der Waals surface area (Å²) < 4.78 is 10.3. The number of morpholine rings is 1. The van der Waals surface area contributed by atoms with Crippen LogP contribution in [0.1, 0.15) is 33.1 Å². The van der Waals surface area contributed by atoms with Crippen LogP contribution in [0.25, 0.3) is 0 Å². The third-order valence-corrected chi connectivity index (χ3v) is 3.71. The number of nitrogens with zero attached hydrogens (tertiary/aromatic N) is 1. The third-order valence-electron chi connectivity index (χ3n) is 3.71. The van der Waals surface area contributed by atoms with Crippen LogP contribution >= 0.6 is 0 Å². The van der Waals surface area contributed by atoms with E-state index in [0.29, 0.717) is 32.6 Å². The summed E-state index contributed by atoms with van der Waals surface area (Å²) in [4.78, 5) is 25.9. The molecule has 116 valence electrons. The molecule has 6 nitrogen and oxygen atoms in total. The molecule has 0 aromatic heterocycles. The van der Waals surface area contributed by atoms with Gasteiger partial charge in [0.2, 0.25) is 0 Å². The van der Waals surface area contributed by atoms with E-state index in [1.54, 1.807) is 6.92 Å². The Bertz CT molecular complexity index is 328. The van der Waals surface area contributed by atoms with Crippen molar-refractivity contribution in [2.45, 2.75) is 33.1 Å². The molecule has 0 aromatic carbocycles. The molecule has 1 saturated heterocycles. The van der Waals surface area contributed by atoms with Crippen molar-refractivity contribution in [2.75, 3.05) is 39.5 Å². The fourth-order valence-electron chi connectivity index (χ4n) is 2.50. The molecule has 0 amide bonds. The maximum Gasteiger partial charge on any atom is 0.323 e. The lowest BCUT2D eigenvalue weighted by atomic mass is 9.80. The first-order valence-corrected chi connectivity index (χ1v) is 7.27. The van der Waals surface area contributed by atoms with Gasteiger partial charge < -0.3 is 14.6 Å². The van der Waals surface area contributed by atoms with Crippen molar-refractivity contribution in [2.24, 2.45) is 5.41 Å². The quantitative estimate of drug-likeness (QED) is 0.533. The number of hydrogen-bond donors (Lipinski definition) is 1. The molecule has 6 heteroatoms. The number of aliphatic carboxylic acids is 1. The van der Waals surface area contributed by atoms with Crippen molar-refractivity contribution in [1.82, 2.24) is 4.90 Å². The number of rotatable bonds is 8. The number of hydrogen-bond acceptors (Lipinski definition) is 5. The molecule has 20 heavy (non-hydrogen) atoms. The highest BCUT2D eigenvalue weighted by Crippen LogP contribution is 2.31. The Morgan fingerprint density at radius 2 is 1.90 bits per heavy atom. The second kappa shape index (κ2) is 8.21. The molecule has 0 aromatic rings. The monoisotopic (exact) mass is 287 g/mol. The van der Waals surface area contributed by atoms with E-state index < -0.39 is 17.4 Å². The van der Waals surface area contributed by atoms with Crippen LogP contribution in [0, 0.1) is 5.41 Å². The molecular weight excluding hydrogens is 262 g/mol. The average molecular weight is 287 g/mol. The van der Waals surface area contributed by atoms with Gasteiger partial charge in [-0.2, -0.15) is 0 Å². The van der Waals surface area contributed by atoms with E-state index in [2.05, 4.69) is 4.90 Å². The molecule has 1 atom stereocenters. The molecule has 0 spiro atoms. The Kier molecular flexibility index (Phi) is 6.95. The van der Waals surface area contributed by atoms with Crippen LogP contribution in [0.2, 0.25) is 0 Å². The van der Waals surface area contributed by atoms with Crippen molar-refractivity contribution in [1.29, 1.82) is 0 Å². The topological polar surface area (TPSA) is 76.1 Å². The lowest BCUT2D eigenvalue weighted by molar-refractivity contribution is -0.170. The Balaban J connectivity index is 2.73. The van der Waals surface area contributed by atoms with Crippen LogP contribution < -0.4 is 0 Å². The minimum Gasteiger partial charge on any atom is -0.480 e. The standard InChI is InChI=1S/C14H25NO5/c1-3-5-14(12(16)17,13(18)20-4-2)6-7-15-8-10-19-11-9-15/h3-11H2,1-2H3,(H,16,17). The number of carbonyl (C=O) groups excluding carboxylic acids is 1. The van der Waals surface area contributed by atoms with E-state index >= 15 is 0 Å². The van der Waals surface area contributed by atoms with Gasteiger partial charge in [0.05, 0.1) is 19.8 Å². The van der Waals surface area contributed by atoms with Crippen LogP contribution in [0.4, 0.5) is 0 Å². The Morgan fingerprint density at radius 3 is 2.40 bits per heavy atom. The SMILES string of the molecule is CCCC(CCN1CCOCC1)(C(=O)O)C(=O)OCC. The van der Waals surface area contributed by atoms with Gasteiger partial charge in [-0.15, -0.1) is 0 Å². The first-order chi connectivity index (χ1) is 9.56. The van der Waals surface area contributed by atoms with Crippen LogP contribution in [0.5, 0.6) is 0 Å². The van der Waals surface area contributed by atoms with Crippen LogP contribution in [-0.4, -0.2) is 61.4 Å². The molecule has 1 rings (SSSR count). The molecule has 0 saturated carbocycles. The summed E-state index contributed by atoms with van der Waals surface area (Å²) in [6, 6.07) is 0. The van der Waals surface area contributed by atoms with Crippen LogP contribution in [0.3, 0.4) is 0 Å². The number of ether oxygens (including phenoxy) is 2. The average Bonchev–Trinajstić information content (AvgIpc) is 2.44. The maximum atomic E-state index is 12.1. The van der Waals surface area contributed by atoms with Gasteiger partial charge in [-0.3, -0.25) is 14.5 Å². The van der Waals surface area contributed by atoms with Gasteiger partial charge in [-0.05, 0) is 26.3 Å². The smallest absolute Gasteiger partial charge is 0.323 e. The number of carboxylic acid groups (broad SMARTS) is 1. The Morgan fingerprint density at radius 1 is 1.25 bits per heavy atom. The second-order valence-corrected chi connectivity index (χ2v) is 5.06. The number of carbonyl (C=O) groups is 2. The summed E-state index contributed by atoms with van der Waals surface area (Å²) in [5, 5.41) is 9.54. The van der Waals surface area contributed by atoms with E-state index in [9.17, 15) is 14.7 Å². The molecule has 1 N–H and O–H groups in total. The zero-order valence-electron chi connectivity index (χ0n) is 12.4. The van der Waals surface area contributed by atoms with Crippen LogP contribution in [0.15, 0.2) is 0 Å². The zero-order chi connectivity index (χ0) is 15.0. The highest BCUT2D eigenvalue weighted by molar-refractivity contribution is 5.99. The predicted molar refractivity (Wildman–Crippen MR) is 73.5 cm³/mol. The first kappa shape index (κ1) is 16.9. The van der Waals surface area contributed by atoms with Gasteiger partial charge in [0.1, 0.15) is 0 Å². The summed E-state index contributed by atoms with van der Waals surface area (Å²) in [5.41, 5.74) is -1.41. The lowest BCUT2D eigenvalue weighted by Gasteiger charge is -2.32. The molecule has 1 fully saturated rings. The second-order valence-electron chi connectivity index (χ2n) is 5.06. The molecular formula is C14H25NO5.